The van der Waals surface area contributed by atoms with E-state index in [-0.39, 0.29) is 41.6 Å². The Hall–Kier alpha value is -3.44. The molecule has 2 unspecified atom stereocenters. The molecule has 3 amide bonds. The molecule has 4 rings (SSSR count). The molecule has 234 valence electrons. The Morgan fingerprint density at radius 2 is 1.53 bits per heavy atom. The van der Waals surface area contributed by atoms with E-state index in [0.717, 1.165) is 12.0 Å². The second-order valence-corrected chi connectivity index (χ2v) is 14.7. The molecule has 0 aromatic heterocycles. The van der Waals surface area contributed by atoms with Gasteiger partial charge in [-0.15, -0.1) is 0 Å². The number of hydrogen-bond acceptors (Lipinski definition) is 6. The summed E-state index contributed by atoms with van der Waals surface area (Å²) < 4.78 is 33.6. The van der Waals surface area contributed by atoms with Gasteiger partial charge in [-0.3, -0.25) is 9.59 Å². The second-order valence-electron chi connectivity index (χ2n) is 12.7. The fraction of sp³-hybridized carbons (Fsp3) is 0.531. The van der Waals surface area contributed by atoms with Crippen LogP contribution in [-0.4, -0.2) is 78.9 Å². The number of likely N-dealkylation sites (tertiary alicyclic amines) is 1. The molecule has 11 heteroatoms. The molecule has 2 aromatic rings. The first-order chi connectivity index (χ1) is 20.3. The summed E-state index contributed by atoms with van der Waals surface area (Å²) in [4.78, 5) is 42.3. The van der Waals surface area contributed by atoms with Gasteiger partial charge in [-0.2, -0.15) is 4.31 Å². The number of hydrogen-bond donors (Lipinski definition) is 2. The number of carbonyl (C=O) groups excluding carboxylic acids is 3. The zero-order valence-electron chi connectivity index (χ0n) is 25.7. The van der Waals surface area contributed by atoms with Crippen molar-refractivity contribution in [2.45, 2.75) is 82.5 Å². The summed E-state index contributed by atoms with van der Waals surface area (Å²) in [6.45, 7) is 10.1. The van der Waals surface area contributed by atoms with Crippen molar-refractivity contribution in [3.63, 3.8) is 0 Å². The summed E-state index contributed by atoms with van der Waals surface area (Å²) in [7, 11) is -3.70. The first-order valence-corrected chi connectivity index (χ1v) is 16.4. The summed E-state index contributed by atoms with van der Waals surface area (Å²) in [6.07, 6.45) is 0.940. The minimum atomic E-state index is -3.70. The van der Waals surface area contributed by atoms with Crippen LogP contribution in [0.3, 0.4) is 0 Å². The van der Waals surface area contributed by atoms with Crippen LogP contribution in [0.15, 0.2) is 65.6 Å². The number of ether oxygens (including phenoxy) is 1. The van der Waals surface area contributed by atoms with Gasteiger partial charge in [-0.05, 0) is 63.1 Å². The molecule has 0 saturated carbocycles. The van der Waals surface area contributed by atoms with Crippen molar-refractivity contribution in [2.24, 2.45) is 11.8 Å². The van der Waals surface area contributed by atoms with Crippen LogP contribution in [0.4, 0.5) is 4.79 Å². The normalized spacial score (nSPS) is 20.7. The molecular formula is C32H44N4O6S. The molecule has 10 nitrogen and oxygen atoms in total. The number of piperidine rings is 1. The third kappa shape index (κ3) is 8.14. The predicted octanol–water partition coefficient (Wildman–Crippen LogP) is 3.57. The van der Waals surface area contributed by atoms with Gasteiger partial charge in [0.1, 0.15) is 17.7 Å². The first-order valence-electron chi connectivity index (χ1n) is 15.0. The summed E-state index contributed by atoms with van der Waals surface area (Å²) in [5.41, 5.74) is 0.0954. The van der Waals surface area contributed by atoms with Crippen LogP contribution in [-0.2, 0) is 30.8 Å². The van der Waals surface area contributed by atoms with E-state index in [2.05, 4.69) is 10.6 Å². The number of alkyl carbamates (subject to hydrolysis) is 1. The number of carbonyl (C=O) groups is 3. The number of nitrogens with one attached hydrogen (secondary N) is 2. The van der Waals surface area contributed by atoms with Crippen LogP contribution in [0, 0.1) is 11.8 Å². The van der Waals surface area contributed by atoms with Crippen LogP contribution in [0.1, 0.15) is 53.0 Å². The molecule has 2 heterocycles. The lowest BCUT2D eigenvalue weighted by molar-refractivity contribution is -0.139. The number of rotatable bonds is 9. The van der Waals surface area contributed by atoms with E-state index in [4.69, 9.17) is 4.74 Å². The molecule has 4 atom stereocenters. The quantitative estimate of drug-likeness (QED) is 0.446. The van der Waals surface area contributed by atoms with Gasteiger partial charge in [-0.25, -0.2) is 13.2 Å². The second kappa shape index (κ2) is 13.5. The third-order valence-corrected chi connectivity index (χ3v) is 9.89. The molecule has 2 saturated heterocycles. The Balaban J connectivity index is 1.50. The summed E-state index contributed by atoms with van der Waals surface area (Å²) in [5.74, 6) is -0.795. The van der Waals surface area contributed by atoms with Crippen LogP contribution in [0.5, 0.6) is 0 Å². The SMILES string of the molecule is CC(C)[C@H](NC(=O)[C@H](Cc1ccccc1)NC(=O)OC(C)(C)C)C(=O)N1CCC2CCN(S(=O)(=O)c3ccccc3)CC21. The van der Waals surface area contributed by atoms with Gasteiger partial charge < -0.3 is 20.3 Å². The van der Waals surface area contributed by atoms with E-state index in [0.29, 0.717) is 19.5 Å². The zero-order chi connectivity index (χ0) is 31.4. The van der Waals surface area contributed by atoms with Crippen LogP contribution >= 0.6 is 0 Å². The van der Waals surface area contributed by atoms with Gasteiger partial charge in [0, 0.05) is 32.1 Å². The molecule has 0 radical (unpaired) electrons. The highest BCUT2D eigenvalue weighted by molar-refractivity contribution is 7.89. The van der Waals surface area contributed by atoms with E-state index in [1.54, 1.807) is 56.0 Å². The largest absolute Gasteiger partial charge is 0.444 e. The molecule has 43 heavy (non-hydrogen) atoms. The molecular weight excluding hydrogens is 568 g/mol. The van der Waals surface area contributed by atoms with E-state index >= 15 is 0 Å². The van der Waals surface area contributed by atoms with Gasteiger partial charge in [-0.1, -0.05) is 62.4 Å². The van der Waals surface area contributed by atoms with Crippen LogP contribution in [0.2, 0.25) is 0 Å². The van der Waals surface area contributed by atoms with Gasteiger partial charge in [0.25, 0.3) is 0 Å². The monoisotopic (exact) mass is 612 g/mol. The number of amides is 3. The maximum Gasteiger partial charge on any atom is 0.408 e. The highest BCUT2D eigenvalue weighted by Crippen LogP contribution is 2.34. The van der Waals surface area contributed by atoms with E-state index in [9.17, 15) is 22.8 Å². The minimum Gasteiger partial charge on any atom is -0.444 e. The van der Waals surface area contributed by atoms with E-state index < -0.39 is 39.7 Å². The third-order valence-electron chi connectivity index (χ3n) is 8.01. The van der Waals surface area contributed by atoms with Crippen molar-refractivity contribution >= 4 is 27.9 Å². The van der Waals surface area contributed by atoms with Crippen molar-refractivity contribution in [3.05, 3.63) is 66.2 Å². The smallest absolute Gasteiger partial charge is 0.408 e. The van der Waals surface area contributed by atoms with Gasteiger partial charge >= 0.3 is 6.09 Å². The first kappa shape index (κ1) is 32.5. The highest BCUT2D eigenvalue weighted by Gasteiger charge is 2.45. The van der Waals surface area contributed by atoms with Crippen LogP contribution < -0.4 is 10.6 Å². The van der Waals surface area contributed by atoms with E-state index in [1.807, 2.05) is 44.2 Å². The topological polar surface area (TPSA) is 125 Å². The molecule has 0 spiro atoms. The minimum absolute atomic E-state index is 0.189. The molecule has 2 fully saturated rings. The lowest BCUT2D eigenvalue weighted by atomic mass is 9.93. The fourth-order valence-electron chi connectivity index (χ4n) is 5.80. The average molecular weight is 613 g/mol. The Morgan fingerprint density at radius 3 is 2.14 bits per heavy atom. The lowest BCUT2D eigenvalue weighted by Gasteiger charge is -2.39. The molecule has 2 N–H and O–H groups in total. The molecule has 0 bridgehead atoms. The van der Waals surface area contributed by atoms with Crippen molar-refractivity contribution in [1.29, 1.82) is 0 Å². The van der Waals surface area contributed by atoms with Crippen LogP contribution in [0.25, 0.3) is 0 Å². The zero-order valence-corrected chi connectivity index (χ0v) is 26.5. The Kier molecular flexibility index (Phi) is 10.2. The maximum absolute atomic E-state index is 14.0. The predicted molar refractivity (Wildman–Crippen MR) is 163 cm³/mol. The lowest BCUT2D eigenvalue weighted by Crippen LogP contribution is -2.59. The van der Waals surface area contributed by atoms with Gasteiger partial charge in [0.2, 0.25) is 21.8 Å². The maximum atomic E-state index is 14.0. The standard InChI is InChI=1S/C32H44N4O6S/c1-22(2)28(34-29(37)26(20-23-12-8-6-9-13-23)33-31(39)42-32(3,4)5)30(38)36-19-17-24-16-18-35(21-27(24)36)43(40,41)25-14-10-7-11-15-25/h6-15,22,24,26-28H,16-21H2,1-5H3,(H,33,39)(H,34,37)/t24?,26-,27?,28-/m0/s1. The molecule has 2 aliphatic heterocycles. The summed E-state index contributed by atoms with van der Waals surface area (Å²) in [6, 6.07) is 15.5. The average Bonchev–Trinajstić information content (AvgIpc) is 3.38. The Bertz CT molecular complexity index is 1380. The Morgan fingerprint density at radius 1 is 0.930 bits per heavy atom. The van der Waals surface area contributed by atoms with Crippen molar-refractivity contribution in [3.8, 4) is 0 Å². The number of fused-ring (bicyclic) bond motifs is 1. The van der Waals surface area contributed by atoms with Crippen molar-refractivity contribution in [1.82, 2.24) is 19.8 Å². The van der Waals surface area contributed by atoms with E-state index in [1.165, 1.54) is 4.31 Å². The number of nitrogens with zero attached hydrogens (tertiary/aromatic N) is 2. The number of benzene rings is 2. The number of sulfonamides is 1. The van der Waals surface area contributed by atoms with Gasteiger partial charge in [0.05, 0.1) is 4.90 Å². The summed E-state index contributed by atoms with van der Waals surface area (Å²) in [5, 5.41) is 5.60. The molecule has 2 aliphatic rings. The fourth-order valence-corrected chi connectivity index (χ4v) is 7.29. The molecule has 2 aromatic carbocycles. The highest BCUT2D eigenvalue weighted by atomic mass is 32.2. The molecule has 0 aliphatic carbocycles. The van der Waals surface area contributed by atoms with Crippen molar-refractivity contribution in [2.75, 3.05) is 19.6 Å². The van der Waals surface area contributed by atoms with Gasteiger partial charge in [0.15, 0.2) is 0 Å². The summed E-state index contributed by atoms with van der Waals surface area (Å²) >= 11 is 0. The Labute approximate surface area is 255 Å². The van der Waals surface area contributed by atoms with Crippen molar-refractivity contribution < 1.29 is 27.5 Å².